The molecule has 4 heteroatoms. The molecule has 1 aromatic heterocycles. The molecule has 0 fully saturated rings. The van der Waals surface area contributed by atoms with Crippen molar-refractivity contribution in [3.63, 3.8) is 0 Å². The maximum absolute atomic E-state index is 12.8. The molecule has 1 aromatic rings. The van der Waals surface area contributed by atoms with E-state index in [1.165, 1.54) is 12.3 Å². The molecular formula is C12H17FN2O. The van der Waals surface area contributed by atoms with Crippen molar-refractivity contribution in [1.29, 1.82) is 0 Å². The van der Waals surface area contributed by atoms with Crippen LogP contribution in [-0.2, 0) is 0 Å². The molecule has 0 aliphatic heterocycles. The predicted octanol–water partition coefficient (Wildman–Crippen LogP) is 2.39. The highest BCUT2D eigenvalue weighted by atomic mass is 19.1. The number of hydrogen-bond donors (Lipinski definition) is 1. The number of carbonyl (C=O) groups excluding carboxylic acids is 1. The average molecular weight is 224 g/mol. The lowest BCUT2D eigenvalue weighted by atomic mass is 10.0. The average Bonchev–Trinajstić information content (AvgIpc) is 2.30. The molecule has 0 saturated heterocycles. The molecule has 0 aliphatic rings. The summed E-state index contributed by atoms with van der Waals surface area (Å²) in [5, 5.41) is 2.79. The summed E-state index contributed by atoms with van der Waals surface area (Å²) in [7, 11) is 0. The van der Waals surface area contributed by atoms with E-state index in [2.05, 4.69) is 24.1 Å². The fourth-order valence-electron chi connectivity index (χ4n) is 1.46. The minimum absolute atomic E-state index is 0.242. The maximum atomic E-state index is 12.8. The summed E-state index contributed by atoms with van der Waals surface area (Å²) in [5.74, 6) is -0.390. The van der Waals surface area contributed by atoms with Crippen LogP contribution in [0.5, 0.6) is 0 Å². The van der Waals surface area contributed by atoms with Crippen LogP contribution in [-0.4, -0.2) is 17.4 Å². The van der Waals surface area contributed by atoms with Crippen molar-refractivity contribution in [3.8, 4) is 0 Å². The highest BCUT2D eigenvalue weighted by molar-refractivity contribution is 5.93. The number of carbonyl (C=O) groups is 1. The Morgan fingerprint density at radius 2 is 2.19 bits per heavy atom. The largest absolute Gasteiger partial charge is 0.352 e. The van der Waals surface area contributed by atoms with Crippen molar-refractivity contribution in [3.05, 3.63) is 29.8 Å². The van der Waals surface area contributed by atoms with Gasteiger partial charge in [-0.15, -0.1) is 0 Å². The van der Waals surface area contributed by atoms with E-state index in [1.54, 1.807) is 0 Å². The van der Waals surface area contributed by atoms with Crippen LogP contribution in [0.2, 0.25) is 0 Å². The second kappa shape index (κ2) is 6.20. The molecule has 0 saturated carbocycles. The normalized spacial score (nSPS) is 10.5. The van der Waals surface area contributed by atoms with Gasteiger partial charge in [-0.3, -0.25) is 4.79 Å². The Labute approximate surface area is 95.1 Å². The molecule has 1 rings (SSSR count). The predicted molar refractivity (Wildman–Crippen MR) is 60.6 cm³/mol. The molecule has 16 heavy (non-hydrogen) atoms. The summed E-state index contributed by atoms with van der Waals surface area (Å²) >= 11 is 0. The van der Waals surface area contributed by atoms with Gasteiger partial charge >= 0.3 is 0 Å². The van der Waals surface area contributed by atoms with Crippen molar-refractivity contribution in [2.45, 2.75) is 26.7 Å². The van der Waals surface area contributed by atoms with E-state index in [1.807, 2.05) is 0 Å². The summed E-state index contributed by atoms with van der Waals surface area (Å²) in [6, 6.07) is 2.65. The van der Waals surface area contributed by atoms with Crippen LogP contribution in [0.15, 0.2) is 18.3 Å². The topological polar surface area (TPSA) is 42.0 Å². The first-order valence-electron chi connectivity index (χ1n) is 5.57. The number of pyridine rings is 1. The molecular weight excluding hydrogens is 207 g/mol. The maximum Gasteiger partial charge on any atom is 0.251 e. The van der Waals surface area contributed by atoms with Gasteiger partial charge in [-0.25, -0.2) is 4.98 Å². The number of nitrogens with zero attached hydrogens (tertiary/aromatic N) is 1. The molecule has 88 valence electrons. The molecule has 0 unspecified atom stereocenters. The van der Waals surface area contributed by atoms with Gasteiger partial charge < -0.3 is 5.32 Å². The van der Waals surface area contributed by atoms with Gasteiger partial charge in [0.05, 0.1) is 0 Å². The second-order valence-corrected chi connectivity index (χ2v) is 3.76. The lowest BCUT2D eigenvalue weighted by Crippen LogP contribution is -2.29. The molecule has 1 heterocycles. The van der Waals surface area contributed by atoms with Crippen molar-refractivity contribution in [2.75, 3.05) is 6.54 Å². The zero-order chi connectivity index (χ0) is 12.0. The van der Waals surface area contributed by atoms with Crippen LogP contribution in [0, 0.1) is 11.9 Å². The molecule has 0 spiro atoms. The highest BCUT2D eigenvalue weighted by Crippen LogP contribution is 2.06. The Morgan fingerprint density at radius 3 is 2.75 bits per heavy atom. The van der Waals surface area contributed by atoms with Gasteiger partial charge in [-0.2, -0.15) is 4.39 Å². The summed E-state index contributed by atoms with van der Waals surface area (Å²) in [5.41, 5.74) is 0.318. The standard InChI is InChI=1S/C12H17FN2O/c1-3-9(4-2)8-15-12(16)10-5-6-14-11(13)7-10/h5-7,9H,3-4,8H2,1-2H3,(H,15,16). The third kappa shape index (κ3) is 3.61. The smallest absolute Gasteiger partial charge is 0.251 e. The van der Waals surface area contributed by atoms with E-state index in [9.17, 15) is 9.18 Å². The van der Waals surface area contributed by atoms with Gasteiger partial charge in [0.1, 0.15) is 0 Å². The third-order valence-electron chi connectivity index (χ3n) is 2.69. The van der Waals surface area contributed by atoms with E-state index in [-0.39, 0.29) is 5.91 Å². The van der Waals surface area contributed by atoms with Crippen LogP contribution in [0.4, 0.5) is 4.39 Å². The molecule has 1 N–H and O–H groups in total. The lowest BCUT2D eigenvalue weighted by molar-refractivity contribution is 0.0945. The quantitative estimate of drug-likeness (QED) is 0.780. The first-order valence-corrected chi connectivity index (χ1v) is 5.57. The molecule has 0 aliphatic carbocycles. The number of aromatic nitrogens is 1. The van der Waals surface area contributed by atoms with E-state index in [4.69, 9.17) is 0 Å². The van der Waals surface area contributed by atoms with Crippen LogP contribution in [0.1, 0.15) is 37.0 Å². The Hall–Kier alpha value is -1.45. The van der Waals surface area contributed by atoms with Crippen LogP contribution < -0.4 is 5.32 Å². The number of halogens is 1. The number of hydrogen-bond acceptors (Lipinski definition) is 2. The first kappa shape index (κ1) is 12.6. The van der Waals surface area contributed by atoms with Gasteiger partial charge in [0, 0.05) is 24.4 Å². The molecule has 3 nitrogen and oxygen atoms in total. The fourth-order valence-corrected chi connectivity index (χ4v) is 1.46. The number of amides is 1. The van der Waals surface area contributed by atoms with Crippen molar-refractivity contribution < 1.29 is 9.18 Å². The van der Waals surface area contributed by atoms with Crippen molar-refractivity contribution in [2.24, 2.45) is 5.92 Å². The van der Waals surface area contributed by atoms with Gasteiger partial charge in [0.2, 0.25) is 5.95 Å². The number of nitrogens with one attached hydrogen (secondary N) is 1. The monoisotopic (exact) mass is 224 g/mol. The second-order valence-electron chi connectivity index (χ2n) is 3.76. The zero-order valence-electron chi connectivity index (χ0n) is 9.66. The van der Waals surface area contributed by atoms with E-state index < -0.39 is 5.95 Å². The molecule has 0 radical (unpaired) electrons. The minimum atomic E-state index is -0.629. The Kier molecular flexibility index (Phi) is 4.89. The first-order chi connectivity index (χ1) is 7.67. The summed E-state index contributed by atoms with van der Waals surface area (Å²) in [4.78, 5) is 15.0. The summed E-state index contributed by atoms with van der Waals surface area (Å²) < 4.78 is 12.8. The molecule has 0 aromatic carbocycles. The Balaban J connectivity index is 2.52. The van der Waals surface area contributed by atoms with Crippen molar-refractivity contribution in [1.82, 2.24) is 10.3 Å². The van der Waals surface area contributed by atoms with Crippen LogP contribution in [0.3, 0.4) is 0 Å². The fraction of sp³-hybridized carbons (Fsp3) is 0.500. The lowest BCUT2D eigenvalue weighted by Gasteiger charge is -2.13. The summed E-state index contributed by atoms with van der Waals surface area (Å²) in [6.45, 7) is 4.81. The number of rotatable bonds is 5. The Morgan fingerprint density at radius 1 is 1.50 bits per heavy atom. The molecule has 0 bridgehead atoms. The van der Waals surface area contributed by atoms with Crippen LogP contribution >= 0.6 is 0 Å². The highest BCUT2D eigenvalue weighted by Gasteiger charge is 2.09. The SMILES string of the molecule is CCC(CC)CNC(=O)c1ccnc(F)c1. The van der Waals surface area contributed by atoms with Gasteiger partial charge in [-0.1, -0.05) is 26.7 Å². The van der Waals surface area contributed by atoms with Gasteiger partial charge in [-0.05, 0) is 12.0 Å². The molecule has 1 amide bonds. The Bertz CT molecular complexity index is 351. The third-order valence-corrected chi connectivity index (χ3v) is 2.69. The molecule has 0 atom stereocenters. The summed E-state index contributed by atoms with van der Waals surface area (Å²) in [6.07, 6.45) is 3.35. The van der Waals surface area contributed by atoms with Gasteiger partial charge in [0.25, 0.3) is 5.91 Å². The van der Waals surface area contributed by atoms with E-state index in [0.29, 0.717) is 18.0 Å². The van der Waals surface area contributed by atoms with E-state index >= 15 is 0 Å². The van der Waals surface area contributed by atoms with E-state index in [0.717, 1.165) is 18.9 Å². The van der Waals surface area contributed by atoms with Gasteiger partial charge in [0.15, 0.2) is 0 Å². The minimum Gasteiger partial charge on any atom is -0.352 e. The zero-order valence-corrected chi connectivity index (χ0v) is 9.66. The van der Waals surface area contributed by atoms with Crippen molar-refractivity contribution >= 4 is 5.91 Å². The van der Waals surface area contributed by atoms with Crippen LogP contribution in [0.25, 0.3) is 0 Å².